The van der Waals surface area contributed by atoms with E-state index in [0.29, 0.717) is 40.4 Å². The number of aryl methyl sites for hydroxylation is 1. The van der Waals surface area contributed by atoms with Crippen LogP contribution in [0.5, 0.6) is 5.75 Å². The summed E-state index contributed by atoms with van der Waals surface area (Å²) in [6, 6.07) is 16.2. The van der Waals surface area contributed by atoms with E-state index < -0.39 is 0 Å². The molecule has 180 valence electrons. The van der Waals surface area contributed by atoms with Gasteiger partial charge in [-0.1, -0.05) is 24.3 Å². The van der Waals surface area contributed by atoms with E-state index in [1.807, 2.05) is 48.7 Å². The summed E-state index contributed by atoms with van der Waals surface area (Å²) >= 11 is 0. The first-order valence-corrected chi connectivity index (χ1v) is 11.5. The third-order valence-corrected chi connectivity index (χ3v) is 6.11. The van der Waals surface area contributed by atoms with E-state index in [-0.39, 0.29) is 30.1 Å². The molecule has 0 fully saturated rings. The molecule has 8 heteroatoms. The fourth-order valence-electron chi connectivity index (χ4n) is 4.28. The quantitative estimate of drug-likeness (QED) is 0.387. The minimum absolute atomic E-state index is 0.0724. The number of Topliss-reactive ketones (excluding diaryl/α,β-unsaturated/α-hetero) is 1. The van der Waals surface area contributed by atoms with Crippen molar-refractivity contribution in [2.75, 3.05) is 12.4 Å². The van der Waals surface area contributed by atoms with Crippen molar-refractivity contribution in [3.63, 3.8) is 0 Å². The Kier molecular flexibility index (Phi) is 6.82. The standard InChI is InChI=1S/C27H28N4O4/c1-5-30-17(2)21(13-14-25(33)28-20-10-8-9-19(15-20)18(3)32)27(34)31-26(30)16-23(29-31)22-11-6-7-12-24(22)35-4/h6-12,15-16H,5,13-14H2,1-4H3,(H,28,33). The SMILES string of the molecule is CCn1c(C)c(CCC(=O)Nc2cccc(C(C)=O)c2)c(=O)n2nc(-c3ccccc3OC)cc12. The number of rotatable bonds is 8. The average molecular weight is 473 g/mol. The van der Waals surface area contributed by atoms with Crippen LogP contribution in [-0.2, 0) is 17.8 Å². The lowest BCUT2D eigenvalue weighted by molar-refractivity contribution is -0.116. The van der Waals surface area contributed by atoms with Crippen LogP contribution in [0, 0.1) is 6.92 Å². The molecule has 35 heavy (non-hydrogen) atoms. The van der Waals surface area contributed by atoms with Gasteiger partial charge in [-0.05, 0) is 51.5 Å². The van der Waals surface area contributed by atoms with Crippen LogP contribution in [0.3, 0.4) is 0 Å². The third-order valence-electron chi connectivity index (χ3n) is 6.11. The van der Waals surface area contributed by atoms with Crippen LogP contribution in [0.15, 0.2) is 59.4 Å². The Morgan fingerprint density at radius 3 is 2.57 bits per heavy atom. The van der Waals surface area contributed by atoms with Crippen molar-refractivity contribution in [2.45, 2.75) is 40.2 Å². The van der Waals surface area contributed by atoms with Gasteiger partial charge in [0.25, 0.3) is 5.56 Å². The lowest BCUT2D eigenvalue weighted by Crippen LogP contribution is -2.26. The fourth-order valence-corrected chi connectivity index (χ4v) is 4.28. The normalized spacial score (nSPS) is 11.0. The number of methoxy groups -OCH3 is 1. The number of hydrogen-bond acceptors (Lipinski definition) is 5. The molecule has 0 saturated carbocycles. The number of nitrogens with one attached hydrogen (secondary N) is 1. The van der Waals surface area contributed by atoms with E-state index >= 15 is 0 Å². The first-order chi connectivity index (χ1) is 16.8. The highest BCUT2D eigenvalue weighted by Crippen LogP contribution is 2.29. The summed E-state index contributed by atoms with van der Waals surface area (Å²) in [6.07, 6.45) is 0.388. The molecule has 0 spiro atoms. The lowest BCUT2D eigenvalue weighted by Gasteiger charge is -2.14. The Labute approximate surface area is 203 Å². The highest BCUT2D eigenvalue weighted by Gasteiger charge is 2.19. The molecule has 0 aliphatic rings. The molecule has 0 aliphatic carbocycles. The van der Waals surface area contributed by atoms with Gasteiger partial charge in [0.2, 0.25) is 5.91 Å². The number of nitrogens with zero attached hydrogens (tertiary/aromatic N) is 3. The smallest absolute Gasteiger partial charge is 0.277 e. The van der Waals surface area contributed by atoms with Gasteiger partial charge < -0.3 is 14.6 Å². The fraction of sp³-hybridized carbons (Fsp3) is 0.259. The molecule has 0 bridgehead atoms. The Balaban J connectivity index is 1.64. The summed E-state index contributed by atoms with van der Waals surface area (Å²) in [7, 11) is 1.60. The highest BCUT2D eigenvalue weighted by molar-refractivity contribution is 5.97. The predicted octanol–water partition coefficient (Wildman–Crippen LogP) is 4.27. The molecule has 1 N–H and O–H groups in total. The molecule has 8 nitrogen and oxygen atoms in total. The summed E-state index contributed by atoms with van der Waals surface area (Å²) in [5.41, 5.74) is 4.31. The van der Waals surface area contributed by atoms with Gasteiger partial charge in [0.15, 0.2) is 5.78 Å². The summed E-state index contributed by atoms with van der Waals surface area (Å²) in [6.45, 7) is 6.02. The van der Waals surface area contributed by atoms with Crippen LogP contribution < -0.4 is 15.6 Å². The van der Waals surface area contributed by atoms with Gasteiger partial charge in [-0.25, -0.2) is 0 Å². The zero-order valence-electron chi connectivity index (χ0n) is 20.3. The van der Waals surface area contributed by atoms with Crippen molar-refractivity contribution in [3.8, 4) is 17.0 Å². The first kappa shape index (κ1) is 23.9. The number of ketones is 1. The second-order valence-corrected chi connectivity index (χ2v) is 8.30. The molecule has 0 radical (unpaired) electrons. The van der Waals surface area contributed by atoms with E-state index in [4.69, 9.17) is 4.74 Å². The number of amides is 1. The van der Waals surface area contributed by atoms with Gasteiger partial charge in [-0.3, -0.25) is 14.4 Å². The summed E-state index contributed by atoms with van der Waals surface area (Å²) in [4.78, 5) is 37.6. The van der Waals surface area contributed by atoms with Crippen molar-refractivity contribution in [1.82, 2.24) is 14.2 Å². The van der Waals surface area contributed by atoms with E-state index in [2.05, 4.69) is 10.4 Å². The highest BCUT2D eigenvalue weighted by atomic mass is 16.5. The van der Waals surface area contributed by atoms with Crippen molar-refractivity contribution in [2.24, 2.45) is 0 Å². The lowest BCUT2D eigenvalue weighted by atomic mass is 10.1. The van der Waals surface area contributed by atoms with E-state index in [0.717, 1.165) is 11.3 Å². The molecule has 1 amide bonds. The van der Waals surface area contributed by atoms with Crippen molar-refractivity contribution in [3.05, 3.63) is 81.8 Å². The second kappa shape index (κ2) is 9.97. The van der Waals surface area contributed by atoms with Crippen LogP contribution in [0.1, 0.15) is 41.9 Å². The molecule has 2 heterocycles. The molecule has 0 aliphatic heterocycles. The molecule has 0 atom stereocenters. The molecule has 0 unspecified atom stereocenters. The maximum Gasteiger partial charge on any atom is 0.277 e. The number of para-hydroxylation sites is 1. The molecule has 0 saturated heterocycles. The van der Waals surface area contributed by atoms with Crippen LogP contribution in [0.25, 0.3) is 16.9 Å². The Morgan fingerprint density at radius 1 is 1.09 bits per heavy atom. The van der Waals surface area contributed by atoms with Gasteiger partial charge in [-0.2, -0.15) is 9.61 Å². The number of hydrogen-bond donors (Lipinski definition) is 1. The zero-order valence-corrected chi connectivity index (χ0v) is 20.3. The van der Waals surface area contributed by atoms with Gasteiger partial charge >= 0.3 is 0 Å². The Morgan fingerprint density at radius 2 is 1.86 bits per heavy atom. The monoisotopic (exact) mass is 472 g/mol. The average Bonchev–Trinajstić information content (AvgIpc) is 3.29. The summed E-state index contributed by atoms with van der Waals surface area (Å²) in [5, 5.41) is 7.41. The van der Waals surface area contributed by atoms with E-state index in [1.165, 1.54) is 11.4 Å². The van der Waals surface area contributed by atoms with Gasteiger partial charge in [0.1, 0.15) is 11.4 Å². The molecular weight excluding hydrogens is 444 g/mol. The Hall–Kier alpha value is -4.20. The van der Waals surface area contributed by atoms with Crippen LogP contribution in [0.4, 0.5) is 5.69 Å². The van der Waals surface area contributed by atoms with Crippen molar-refractivity contribution >= 4 is 23.0 Å². The number of anilines is 1. The number of benzene rings is 2. The third kappa shape index (κ3) is 4.73. The summed E-state index contributed by atoms with van der Waals surface area (Å²) in [5.74, 6) is 0.369. The number of carbonyl (C=O) groups is 2. The van der Waals surface area contributed by atoms with Crippen molar-refractivity contribution < 1.29 is 14.3 Å². The first-order valence-electron chi connectivity index (χ1n) is 11.5. The minimum Gasteiger partial charge on any atom is -0.496 e. The number of ether oxygens (including phenoxy) is 1. The number of fused-ring (bicyclic) bond motifs is 1. The van der Waals surface area contributed by atoms with Crippen molar-refractivity contribution in [1.29, 1.82) is 0 Å². The topological polar surface area (TPSA) is 94.7 Å². The van der Waals surface area contributed by atoms with Crippen LogP contribution in [0.2, 0.25) is 0 Å². The molecule has 2 aromatic heterocycles. The maximum absolute atomic E-state index is 13.4. The van der Waals surface area contributed by atoms with E-state index in [1.54, 1.807) is 31.4 Å². The maximum atomic E-state index is 13.4. The minimum atomic E-state index is -0.241. The zero-order chi connectivity index (χ0) is 25.1. The number of aromatic nitrogens is 3. The molecule has 4 aromatic rings. The predicted molar refractivity (Wildman–Crippen MR) is 135 cm³/mol. The van der Waals surface area contributed by atoms with Crippen LogP contribution >= 0.6 is 0 Å². The summed E-state index contributed by atoms with van der Waals surface area (Å²) < 4.78 is 8.90. The molecular formula is C27H28N4O4. The number of carbonyl (C=O) groups excluding carboxylic acids is 2. The molecule has 2 aromatic carbocycles. The molecule has 4 rings (SSSR count). The Bertz CT molecular complexity index is 1480. The van der Waals surface area contributed by atoms with Gasteiger partial charge in [-0.15, -0.1) is 0 Å². The second-order valence-electron chi connectivity index (χ2n) is 8.30. The van der Waals surface area contributed by atoms with Crippen LogP contribution in [-0.4, -0.2) is 33.0 Å². The largest absolute Gasteiger partial charge is 0.496 e. The van der Waals surface area contributed by atoms with Gasteiger partial charge in [0.05, 0.1) is 12.8 Å². The van der Waals surface area contributed by atoms with E-state index in [9.17, 15) is 14.4 Å². The van der Waals surface area contributed by atoms with Gasteiger partial charge in [0, 0.05) is 47.1 Å².